The van der Waals surface area contributed by atoms with Crippen LogP contribution in [0.5, 0.6) is 0 Å². The van der Waals surface area contributed by atoms with E-state index in [9.17, 15) is 9.59 Å². The molecule has 3 nitrogen and oxygen atoms in total. The van der Waals surface area contributed by atoms with E-state index in [1.807, 2.05) is 36.4 Å². The van der Waals surface area contributed by atoms with E-state index in [0.29, 0.717) is 23.5 Å². The number of benzene rings is 1. The summed E-state index contributed by atoms with van der Waals surface area (Å²) in [6.45, 7) is 4.69. The molecular weight excluding hydrogens is 384 g/mol. The number of hydrogen-bond donors (Lipinski definition) is 0. The van der Waals surface area contributed by atoms with E-state index < -0.39 is 0 Å². The van der Waals surface area contributed by atoms with Crippen molar-refractivity contribution in [1.29, 1.82) is 0 Å². The fourth-order valence-corrected chi connectivity index (χ4v) is 7.43. The van der Waals surface area contributed by atoms with Gasteiger partial charge in [0.25, 0.3) is 0 Å². The Morgan fingerprint density at radius 1 is 1.03 bits per heavy atom. The van der Waals surface area contributed by atoms with Crippen molar-refractivity contribution < 1.29 is 14.3 Å². The summed E-state index contributed by atoms with van der Waals surface area (Å²) >= 11 is 0. The Kier molecular flexibility index (Phi) is 5.19. The van der Waals surface area contributed by atoms with Crippen LogP contribution in [0.25, 0.3) is 6.08 Å². The molecule has 164 valence electrons. The van der Waals surface area contributed by atoms with Crippen LogP contribution in [0.15, 0.2) is 48.1 Å². The zero-order valence-electron chi connectivity index (χ0n) is 18.8. The van der Waals surface area contributed by atoms with E-state index in [1.54, 1.807) is 6.08 Å². The Labute approximate surface area is 185 Å². The molecule has 0 saturated heterocycles. The van der Waals surface area contributed by atoms with Crippen LogP contribution in [0, 0.1) is 28.6 Å². The Bertz CT molecular complexity index is 929. The van der Waals surface area contributed by atoms with Crippen LogP contribution in [0.2, 0.25) is 0 Å². The standard InChI is InChI=1S/C28H34O3/c1-27-16-14-21(31-26(30)13-8-19-6-4-3-5-7-19)18-20(27)9-10-22-23-11-12-25(29)28(23,2)17-15-24(22)27/h3-9,13,21-24H,10-12,14-18H2,1-2H3/b13-8+/t21?,22?,23?,24?,27-,28-/m0/s1. The number of ketones is 1. The molecule has 4 aliphatic rings. The maximum Gasteiger partial charge on any atom is 0.331 e. The van der Waals surface area contributed by atoms with Crippen LogP contribution in [-0.2, 0) is 14.3 Å². The van der Waals surface area contributed by atoms with Crippen molar-refractivity contribution in [3.05, 3.63) is 53.6 Å². The molecule has 0 aliphatic heterocycles. The molecule has 3 fully saturated rings. The van der Waals surface area contributed by atoms with Gasteiger partial charge in [0.15, 0.2) is 0 Å². The van der Waals surface area contributed by atoms with Crippen molar-refractivity contribution in [1.82, 2.24) is 0 Å². The van der Waals surface area contributed by atoms with Gasteiger partial charge in [-0.3, -0.25) is 4.79 Å². The van der Waals surface area contributed by atoms with Gasteiger partial charge in [-0.2, -0.15) is 0 Å². The summed E-state index contributed by atoms with van der Waals surface area (Å²) in [4.78, 5) is 25.0. The van der Waals surface area contributed by atoms with Crippen LogP contribution in [0.4, 0.5) is 0 Å². The van der Waals surface area contributed by atoms with Gasteiger partial charge < -0.3 is 4.74 Å². The van der Waals surface area contributed by atoms with E-state index >= 15 is 0 Å². The predicted octanol–water partition coefficient (Wildman–Crippen LogP) is 6.14. The van der Waals surface area contributed by atoms with Crippen molar-refractivity contribution in [3.8, 4) is 0 Å². The lowest BCUT2D eigenvalue weighted by Gasteiger charge is -2.56. The molecule has 4 unspecified atom stereocenters. The van der Waals surface area contributed by atoms with Crippen molar-refractivity contribution >= 4 is 17.8 Å². The minimum atomic E-state index is -0.246. The Morgan fingerprint density at radius 3 is 2.58 bits per heavy atom. The normalized spacial score (nSPS) is 39.4. The average Bonchev–Trinajstić information content (AvgIpc) is 3.08. The van der Waals surface area contributed by atoms with Crippen LogP contribution >= 0.6 is 0 Å². The molecule has 4 aliphatic carbocycles. The second-order valence-electron chi connectivity index (χ2n) is 10.7. The third-order valence-corrected chi connectivity index (χ3v) is 9.26. The van der Waals surface area contributed by atoms with E-state index in [1.165, 1.54) is 12.0 Å². The number of fused-ring (bicyclic) bond motifs is 5. The van der Waals surface area contributed by atoms with Gasteiger partial charge >= 0.3 is 5.97 Å². The molecule has 0 heterocycles. The summed E-state index contributed by atoms with van der Waals surface area (Å²) in [6.07, 6.45) is 13.9. The van der Waals surface area contributed by atoms with Crippen LogP contribution < -0.4 is 0 Å². The molecule has 1 aromatic rings. The van der Waals surface area contributed by atoms with Gasteiger partial charge in [0.1, 0.15) is 11.9 Å². The molecule has 0 aromatic heterocycles. The number of rotatable bonds is 3. The molecule has 3 heteroatoms. The maximum atomic E-state index is 12.6. The molecule has 0 N–H and O–H groups in total. The highest BCUT2D eigenvalue weighted by Crippen LogP contribution is 2.64. The second-order valence-corrected chi connectivity index (χ2v) is 10.7. The average molecular weight is 419 g/mol. The summed E-state index contributed by atoms with van der Waals surface area (Å²) in [7, 11) is 0. The molecular formula is C28H34O3. The zero-order chi connectivity index (χ0) is 21.6. The molecule has 0 spiro atoms. The van der Waals surface area contributed by atoms with Gasteiger partial charge in [0.2, 0.25) is 0 Å². The number of ether oxygens (including phenoxy) is 1. The number of hydrogen-bond acceptors (Lipinski definition) is 3. The Morgan fingerprint density at radius 2 is 1.77 bits per heavy atom. The summed E-state index contributed by atoms with van der Waals surface area (Å²) in [6, 6.07) is 9.85. The molecule has 1 aromatic carbocycles. The smallest absolute Gasteiger partial charge is 0.331 e. The lowest BCUT2D eigenvalue weighted by Crippen LogP contribution is -2.50. The monoisotopic (exact) mass is 418 g/mol. The first kappa shape index (κ1) is 20.7. The largest absolute Gasteiger partial charge is 0.459 e. The van der Waals surface area contributed by atoms with Gasteiger partial charge in [-0.25, -0.2) is 4.79 Å². The van der Waals surface area contributed by atoms with Gasteiger partial charge in [0.05, 0.1) is 0 Å². The number of carbonyl (C=O) groups excluding carboxylic acids is 2. The number of Topliss-reactive ketones (excluding diaryl/α,β-unsaturated/α-hetero) is 1. The van der Waals surface area contributed by atoms with E-state index in [-0.39, 0.29) is 22.9 Å². The highest BCUT2D eigenvalue weighted by atomic mass is 16.5. The molecule has 5 rings (SSSR count). The minimum absolute atomic E-state index is 0.0225. The molecule has 6 atom stereocenters. The van der Waals surface area contributed by atoms with Crippen LogP contribution in [0.1, 0.15) is 70.8 Å². The van der Waals surface area contributed by atoms with Crippen molar-refractivity contribution in [3.63, 3.8) is 0 Å². The third kappa shape index (κ3) is 3.50. The molecule has 0 bridgehead atoms. The van der Waals surface area contributed by atoms with Gasteiger partial charge in [-0.15, -0.1) is 0 Å². The lowest BCUT2D eigenvalue weighted by atomic mass is 9.48. The summed E-state index contributed by atoms with van der Waals surface area (Å²) in [5.74, 6) is 2.14. The first-order valence-corrected chi connectivity index (χ1v) is 12.1. The van der Waals surface area contributed by atoms with Gasteiger partial charge in [-0.05, 0) is 73.3 Å². The van der Waals surface area contributed by atoms with Crippen LogP contribution in [-0.4, -0.2) is 17.9 Å². The van der Waals surface area contributed by atoms with Crippen molar-refractivity contribution in [2.45, 2.75) is 71.3 Å². The first-order valence-electron chi connectivity index (χ1n) is 12.1. The van der Waals surface area contributed by atoms with Gasteiger partial charge in [0, 0.05) is 24.3 Å². The minimum Gasteiger partial charge on any atom is -0.459 e. The number of carbonyl (C=O) groups is 2. The highest BCUT2D eigenvalue weighted by molar-refractivity contribution is 5.87. The number of esters is 1. The number of allylic oxidation sites excluding steroid dienone is 1. The SMILES string of the molecule is C[C@]12CCC(OC(=O)/C=C/c3ccccc3)CC1=CCC1C2CC[C@]2(C)C(=O)CCC12. The quantitative estimate of drug-likeness (QED) is 0.336. The first-order chi connectivity index (χ1) is 14.9. The van der Waals surface area contributed by atoms with E-state index in [0.717, 1.165) is 50.5 Å². The van der Waals surface area contributed by atoms with E-state index in [2.05, 4.69) is 19.9 Å². The second kappa shape index (κ2) is 7.76. The van der Waals surface area contributed by atoms with Crippen LogP contribution in [0.3, 0.4) is 0 Å². The fourth-order valence-electron chi connectivity index (χ4n) is 7.43. The molecule has 0 radical (unpaired) electrons. The lowest BCUT2D eigenvalue weighted by molar-refractivity contribution is -0.145. The van der Waals surface area contributed by atoms with Crippen molar-refractivity contribution in [2.75, 3.05) is 0 Å². The summed E-state index contributed by atoms with van der Waals surface area (Å²) in [5, 5.41) is 0. The molecule has 31 heavy (non-hydrogen) atoms. The fraction of sp³-hybridized carbons (Fsp3) is 0.571. The topological polar surface area (TPSA) is 43.4 Å². The van der Waals surface area contributed by atoms with Crippen molar-refractivity contribution in [2.24, 2.45) is 28.6 Å². The summed E-state index contributed by atoms with van der Waals surface area (Å²) < 4.78 is 5.83. The Balaban J connectivity index is 1.26. The molecule has 0 amide bonds. The highest BCUT2D eigenvalue weighted by Gasteiger charge is 2.58. The third-order valence-electron chi connectivity index (χ3n) is 9.26. The maximum absolute atomic E-state index is 12.6. The molecule has 3 saturated carbocycles. The zero-order valence-corrected chi connectivity index (χ0v) is 18.8. The van der Waals surface area contributed by atoms with Gasteiger partial charge in [-0.1, -0.05) is 55.8 Å². The van der Waals surface area contributed by atoms with E-state index in [4.69, 9.17) is 4.74 Å². The Hall–Kier alpha value is -2.16. The predicted molar refractivity (Wildman–Crippen MR) is 122 cm³/mol. The summed E-state index contributed by atoms with van der Waals surface area (Å²) in [5.41, 5.74) is 2.64.